The minimum Gasteiger partial charge on any atom is -0.475 e. The predicted molar refractivity (Wildman–Crippen MR) is 128 cm³/mol. The fourth-order valence-electron chi connectivity index (χ4n) is 3.99. The summed E-state index contributed by atoms with van der Waals surface area (Å²) >= 11 is 0. The van der Waals surface area contributed by atoms with Crippen molar-refractivity contribution in [3.63, 3.8) is 0 Å². The van der Waals surface area contributed by atoms with Crippen LogP contribution in [0, 0.1) is 5.41 Å². The highest BCUT2D eigenvalue weighted by Crippen LogP contribution is 2.22. The second-order valence-electron chi connectivity index (χ2n) is 8.49. The molecule has 5 N–H and O–H groups in total. The number of carbonyl (C=O) groups is 2. The SMILES string of the molecule is N=C(N)c1cccc(CN2CC[C@H](NS(=O)(=O)N3CCc4ccccc4C3)C2=O)c1.O=C(O)C(F)(F)F. The number of fused-ring (bicyclic) bond motifs is 1. The average molecular weight is 542 g/mol. The largest absolute Gasteiger partial charge is 0.490 e. The lowest BCUT2D eigenvalue weighted by Crippen LogP contribution is -2.49. The third-order valence-electron chi connectivity index (χ3n) is 5.88. The molecule has 0 saturated carbocycles. The van der Waals surface area contributed by atoms with Crippen molar-refractivity contribution < 1.29 is 36.3 Å². The summed E-state index contributed by atoms with van der Waals surface area (Å²) in [7, 11) is -3.77. The van der Waals surface area contributed by atoms with Gasteiger partial charge in [0.15, 0.2) is 0 Å². The van der Waals surface area contributed by atoms with Crippen molar-refractivity contribution in [2.75, 3.05) is 13.1 Å². The van der Waals surface area contributed by atoms with Crippen LogP contribution in [0.15, 0.2) is 48.5 Å². The normalized spacial score (nSPS) is 18.1. The number of carboxylic acid groups (broad SMARTS) is 1. The van der Waals surface area contributed by atoms with Gasteiger partial charge in [0.25, 0.3) is 10.2 Å². The summed E-state index contributed by atoms with van der Waals surface area (Å²) in [6, 6.07) is 14.2. The van der Waals surface area contributed by atoms with Gasteiger partial charge in [-0.1, -0.05) is 42.5 Å². The maximum atomic E-state index is 12.9. The Hall–Kier alpha value is -3.49. The number of hydrogen-bond acceptors (Lipinski definition) is 5. The number of benzene rings is 2. The Morgan fingerprint density at radius 2 is 1.78 bits per heavy atom. The molecule has 0 radical (unpaired) electrons. The van der Waals surface area contributed by atoms with Gasteiger partial charge in [0, 0.05) is 31.7 Å². The minimum absolute atomic E-state index is 0.0293. The molecule has 14 heteroatoms. The topological polar surface area (TPSA) is 157 Å². The molecule has 0 spiro atoms. The molecule has 37 heavy (non-hydrogen) atoms. The summed E-state index contributed by atoms with van der Waals surface area (Å²) in [4.78, 5) is 23.3. The molecule has 1 amide bonds. The number of hydrogen-bond donors (Lipinski definition) is 4. The fraction of sp³-hybridized carbons (Fsp3) is 0.348. The molecular weight excluding hydrogens is 515 g/mol. The molecule has 0 unspecified atom stereocenters. The summed E-state index contributed by atoms with van der Waals surface area (Å²) in [5.74, 6) is -3.02. The number of likely N-dealkylation sites (tertiary alicyclic amines) is 1. The van der Waals surface area contributed by atoms with Crippen LogP contribution >= 0.6 is 0 Å². The number of halogens is 3. The van der Waals surface area contributed by atoms with Crippen LogP contribution < -0.4 is 10.5 Å². The third kappa shape index (κ3) is 7.27. The molecule has 10 nitrogen and oxygen atoms in total. The number of carboxylic acids is 1. The van der Waals surface area contributed by atoms with E-state index >= 15 is 0 Å². The van der Waals surface area contributed by atoms with Gasteiger partial charge in [0.05, 0.1) is 0 Å². The number of amidine groups is 1. The van der Waals surface area contributed by atoms with Gasteiger partial charge in [-0.3, -0.25) is 10.2 Å². The van der Waals surface area contributed by atoms with E-state index < -0.39 is 28.4 Å². The smallest absolute Gasteiger partial charge is 0.475 e. The molecule has 0 aromatic heterocycles. The highest BCUT2D eigenvalue weighted by atomic mass is 32.2. The number of nitrogens with one attached hydrogen (secondary N) is 2. The van der Waals surface area contributed by atoms with Gasteiger partial charge in [-0.05, 0) is 35.6 Å². The molecule has 2 aromatic rings. The lowest BCUT2D eigenvalue weighted by molar-refractivity contribution is -0.192. The molecule has 0 bridgehead atoms. The van der Waals surface area contributed by atoms with Crippen molar-refractivity contribution >= 4 is 27.9 Å². The maximum Gasteiger partial charge on any atom is 0.490 e. The van der Waals surface area contributed by atoms with E-state index in [1.54, 1.807) is 23.1 Å². The number of rotatable bonds is 6. The Labute approximate surface area is 211 Å². The first kappa shape index (κ1) is 28.1. The summed E-state index contributed by atoms with van der Waals surface area (Å²) in [6.45, 7) is 1.54. The molecule has 1 atom stereocenters. The molecule has 200 valence electrons. The van der Waals surface area contributed by atoms with Gasteiger partial charge in [0.1, 0.15) is 11.9 Å². The summed E-state index contributed by atoms with van der Waals surface area (Å²) in [5, 5.41) is 14.7. The molecule has 0 aliphatic carbocycles. The monoisotopic (exact) mass is 541 g/mol. The molecular formula is C23H26F3N5O5S. The maximum absolute atomic E-state index is 12.9. The minimum atomic E-state index is -5.08. The second-order valence-corrected chi connectivity index (χ2v) is 10.2. The Morgan fingerprint density at radius 3 is 2.41 bits per heavy atom. The van der Waals surface area contributed by atoms with Crippen LogP contribution in [0.5, 0.6) is 0 Å². The number of carbonyl (C=O) groups excluding carboxylic acids is 1. The molecule has 1 saturated heterocycles. The van der Waals surface area contributed by atoms with Crippen molar-refractivity contribution in [1.82, 2.24) is 13.9 Å². The molecule has 2 aromatic carbocycles. The molecule has 1 fully saturated rings. The van der Waals surface area contributed by atoms with E-state index in [2.05, 4.69) is 4.72 Å². The van der Waals surface area contributed by atoms with Crippen LogP contribution in [0.1, 0.15) is 28.7 Å². The van der Waals surface area contributed by atoms with Crippen molar-refractivity contribution in [2.24, 2.45) is 5.73 Å². The zero-order valence-corrected chi connectivity index (χ0v) is 20.3. The molecule has 4 rings (SSSR count). The number of nitrogens with zero attached hydrogens (tertiary/aromatic N) is 2. The summed E-state index contributed by atoms with van der Waals surface area (Å²) in [5.41, 5.74) is 9.15. The Balaban J connectivity index is 0.000000479. The summed E-state index contributed by atoms with van der Waals surface area (Å²) in [6.07, 6.45) is -4.00. The zero-order valence-electron chi connectivity index (χ0n) is 19.5. The first-order chi connectivity index (χ1) is 17.3. The average Bonchev–Trinajstić information content (AvgIpc) is 3.17. The van der Waals surface area contributed by atoms with E-state index in [4.69, 9.17) is 21.0 Å². The Bertz CT molecular complexity index is 1290. The summed E-state index contributed by atoms with van der Waals surface area (Å²) < 4.78 is 61.5. The van der Waals surface area contributed by atoms with Crippen molar-refractivity contribution in [1.29, 1.82) is 5.41 Å². The zero-order chi connectivity index (χ0) is 27.4. The number of amides is 1. The van der Waals surface area contributed by atoms with Gasteiger partial charge < -0.3 is 15.7 Å². The first-order valence-electron chi connectivity index (χ1n) is 11.1. The van der Waals surface area contributed by atoms with Crippen molar-refractivity contribution in [2.45, 2.75) is 38.1 Å². The Morgan fingerprint density at radius 1 is 1.14 bits per heavy atom. The molecule has 2 aliphatic heterocycles. The van der Waals surface area contributed by atoms with Gasteiger partial charge >= 0.3 is 12.1 Å². The Kier molecular flexibility index (Phi) is 8.56. The molecule has 2 aliphatic rings. The molecule has 2 heterocycles. The second kappa shape index (κ2) is 11.3. The first-order valence-corrected chi connectivity index (χ1v) is 12.6. The van der Waals surface area contributed by atoms with Crippen molar-refractivity contribution in [3.8, 4) is 0 Å². The van der Waals surface area contributed by atoms with Crippen LogP contribution in [0.4, 0.5) is 13.2 Å². The number of nitrogens with two attached hydrogens (primary N) is 1. The van der Waals surface area contributed by atoms with Crippen LogP contribution in [0.3, 0.4) is 0 Å². The van der Waals surface area contributed by atoms with Gasteiger partial charge in [-0.15, -0.1) is 0 Å². The highest BCUT2D eigenvalue weighted by Gasteiger charge is 2.38. The van der Waals surface area contributed by atoms with Gasteiger partial charge in [-0.25, -0.2) is 4.79 Å². The quantitative estimate of drug-likeness (QED) is 0.321. The van der Waals surface area contributed by atoms with Crippen LogP contribution in [0.2, 0.25) is 0 Å². The third-order valence-corrected chi connectivity index (χ3v) is 7.45. The van der Waals surface area contributed by atoms with Crippen LogP contribution in [-0.2, 0) is 39.3 Å². The van der Waals surface area contributed by atoms with E-state index in [-0.39, 0.29) is 11.7 Å². The number of alkyl halides is 3. The van der Waals surface area contributed by atoms with Crippen molar-refractivity contribution in [3.05, 3.63) is 70.8 Å². The van der Waals surface area contributed by atoms with E-state index in [0.717, 1.165) is 11.1 Å². The van der Waals surface area contributed by atoms with Crippen LogP contribution in [-0.4, -0.2) is 65.7 Å². The predicted octanol–water partition coefficient (Wildman–Crippen LogP) is 1.60. The standard InChI is InChI=1S/C21H25N5O3S.C2HF3O2/c22-20(23)17-7-3-4-15(12-17)13-25-10-9-19(21(25)27)24-30(28,29)26-11-8-16-5-1-2-6-18(16)14-26;3-2(4,5)1(6)7/h1-7,12,19,24H,8-11,13-14H2,(H3,22,23);(H,6,7)/t19-;/m0./s1. The lowest BCUT2D eigenvalue weighted by atomic mass is 10.0. The highest BCUT2D eigenvalue weighted by molar-refractivity contribution is 7.87. The number of nitrogen functional groups attached to an aromatic ring is 1. The van der Waals surface area contributed by atoms with E-state index in [1.807, 2.05) is 30.3 Å². The van der Waals surface area contributed by atoms with E-state index in [9.17, 15) is 26.4 Å². The number of aliphatic carboxylic acids is 1. The fourth-order valence-corrected chi connectivity index (χ4v) is 5.36. The van der Waals surface area contributed by atoms with Gasteiger partial charge in [-0.2, -0.15) is 30.6 Å². The van der Waals surface area contributed by atoms with Crippen LogP contribution in [0.25, 0.3) is 0 Å². The van der Waals surface area contributed by atoms with E-state index in [0.29, 0.717) is 44.6 Å². The van der Waals surface area contributed by atoms with Gasteiger partial charge in [0.2, 0.25) is 5.91 Å². The lowest BCUT2D eigenvalue weighted by Gasteiger charge is -2.29. The van der Waals surface area contributed by atoms with E-state index in [1.165, 1.54) is 9.87 Å².